The van der Waals surface area contributed by atoms with Crippen molar-refractivity contribution in [2.24, 2.45) is 0 Å². The molecule has 0 spiro atoms. The normalized spacial score (nSPS) is 12.8. The van der Waals surface area contributed by atoms with Gasteiger partial charge in [0, 0.05) is 12.4 Å². The number of hydrogen-bond acceptors (Lipinski definition) is 2. The summed E-state index contributed by atoms with van der Waals surface area (Å²) in [5.41, 5.74) is 1.01. The van der Waals surface area contributed by atoms with E-state index >= 15 is 0 Å². The van der Waals surface area contributed by atoms with Gasteiger partial charge in [-0.05, 0) is 31.5 Å². The quantitative estimate of drug-likeness (QED) is 0.843. The molecule has 1 N–H and O–H groups in total. The first-order valence-electron chi connectivity index (χ1n) is 5.07. The molecular formula is C12H13FN2O. The molecule has 0 aliphatic carbocycles. The number of rotatable bonds is 2. The van der Waals surface area contributed by atoms with E-state index in [-0.39, 0.29) is 5.82 Å². The highest BCUT2D eigenvalue weighted by Gasteiger charge is 2.09. The van der Waals surface area contributed by atoms with Crippen LogP contribution in [0.2, 0.25) is 0 Å². The molecule has 1 unspecified atom stereocenters. The third-order valence-corrected chi connectivity index (χ3v) is 2.54. The predicted molar refractivity (Wildman–Crippen MR) is 58.9 cm³/mol. The van der Waals surface area contributed by atoms with E-state index in [0.717, 1.165) is 5.82 Å². The van der Waals surface area contributed by atoms with E-state index in [1.807, 2.05) is 6.92 Å². The Morgan fingerprint density at radius 1 is 1.44 bits per heavy atom. The SMILES string of the molecule is Cc1nccn1-c1ccc(C(C)O)cc1F. The van der Waals surface area contributed by atoms with E-state index in [2.05, 4.69) is 4.98 Å². The van der Waals surface area contributed by atoms with Crippen LogP contribution in [0.4, 0.5) is 4.39 Å². The van der Waals surface area contributed by atoms with E-state index in [0.29, 0.717) is 11.3 Å². The minimum atomic E-state index is -0.660. The lowest BCUT2D eigenvalue weighted by molar-refractivity contribution is 0.199. The molecule has 1 heterocycles. The maximum absolute atomic E-state index is 13.8. The second-order valence-corrected chi connectivity index (χ2v) is 3.73. The summed E-state index contributed by atoms with van der Waals surface area (Å²) in [6.45, 7) is 3.42. The number of aliphatic hydroxyl groups is 1. The summed E-state index contributed by atoms with van der Waals surface area (Å²) in [5, 5.41) is 9.34. The fraction of sp³-hybridized carbons (Fsp3) is 0.250. The van der Waals surface area contributed by atoms with Crippen LogP contribution in [0.1, 0.15) is 24.4 Å². The van der Waals surface area contributed by atoms with Gasteiger partial charge >= 0.3 is 0 Å². The van der Waals surface area contributed by atoms with Gasteiger partial charge in [0.2, 0.25) is 0 Å². The molecule has 1 aromatic heterocycles. The van der Waals surface area contributed by atoms with Crippen LogP contribution < -0.4 is 0 Å². The van der Waals surface area contributed by atoms with Crippen molar-refractivity contribution in [1.29, 1.82) is 0 Å². The van der Waals surface area contributed by atoms with Gasteiger partial charge in [0.1, 0.15) is 11.6 Å². The van der Waals surface area contributed by atoms with Crippen LogP contribution in [0, 0.1) is 12.7 Å². The van der Waals surface area contributed by atoms with Gasteiger partial charge in [-0.1, -0.05) is 6.07 Å². The van der Waals surface area contributed by atoms with Crippen molar-refractivity contribution >= 4 is 0 Å². The Morgan fingerprint density at radius 2 is 2.19 bits per heavy atom. The van der Waals surface area contributed by atoms with Gasteiger partial charge in [-0.2, -0.15) is 0 Å². The molecule has 0 saturated carbocycles. The molecule has 3 nitrogen and oxygen atoms in total. The van der Waals surface area contributed by atoms with Crippen molar-refractivity contribution in [1.82, 2.24) is 9.55 Å². The Morgan fingerprint density at radius 3 is 2.69 bits per heavy atom. The average Bonchev–Trinajstić information content (AvgIpc) is 2.64. The average molecular weight is 220 g/mol. The number of hydrogen-bond donors (Lipinski definition) is 1. The second kappa shape index (κ2) is 4.06. The third-order valence-electron chi connectivity index (χ3n) is 2.54. The number of halogens is 1. The number of aromatic nitrogens is 2. The summed E-state index contributed by atoms with van der Waals surface area (Å²) < 4.78 is 15.5. The van der Waals surface area contributed by atoms with Gasteiger partial charge in [-0.3, -0.25) is 0 Å². The first-order chi connectivity index (χ1) is 7.59. The molecule has 16 heavy (non-hydrogen) atoms. The minimum absolute atomic E-state index is 0.362. The first kappa shape index (κ1) is 10.8. The van der Waals surface area contributed by atoms with Crippen molar-refractivity contribution in [2.45, 2.75) is 20.0 Å². The molecule has 0 bridgehead atoms. The van der Waals surface area contributed by atoms with Gasteiger partial charge in [0.25, 0.3) is 0 Å². The van der Waals surface area contributed by atoms with Crippen molar-refractivity contribution < 1.29 is 9.50 Å². The Balaban J connectivity index is 2.48. The molecule has 1 atom stereocenters. The summed E-state index contributed by atoms with van der Waals surface area (Å²) in [7, 11) is 0. The lowest BCUT2D eigenvalue weighted by Crippen LogP contribution is -2.01. The summed E-state index contributed by atoms with van der Waals surface area (Å²) in [5.74, 6) is 0.364. The zero-order chi connectivity index (χ0) is 11.7. The van der Waals surface area contributed by atoms with Crippen molar-refractivity contribution in [3.05, 3.63) is 47.8 Å². The van der Waals surface area contributed by atoms with Gasteiger partial charge in [0.05, 0.1) is 11.8 Å². The summed E-state index contributed by atoms with van der Waals surface area (Å²) in [4.78, 5) is 4.04. The number of imidazole rings is 1. The number of nitrogens with zero attached hydrogens (tertiary/aromatic N) is 2. The van der Waals surface area contributed by atoms with E-state index in [1.54, 1.807) is 36.0 Å². The minimum Gasteiger partial charge on any atom is -0.389 e. The number of aliphatic hydroxyl groups excluding tert-OH is 1. The van der Waals surface area contributed by atoms with Crippen LogP contribution in [0.15, 0.2) is 30.6 Å². The molecule has 2 rings (SSSR count). The van der Waals surface area contributed by atoms with Crippen molar-refractivity contribution in [2.75, 3.05) is 0 Å². The summed E-state index contributed by atoms with van der Waals surface area (Å²) >= 11 is 0. The van der Waals surface area contributed by atoms with E-state index in [4.69, 9.17) is 0 Å². The fourth-order valence-corrected chi connectivity index (χ4v) is 1.61. The lowest BCUT2D eigenvalue weighted by atomic mass is 10.1. The van der Waals surface area contributed by atoms with E-state index in [1.165, 1.54) is 6.07 Å². The zero-order valence-corrected chi connectivity index (χ0v) is 9.18. The Labute approximate surface area is 93.2 Å². The third kappa shape index (κ3) is 1.84. The van der Waals surface area contributed by atoms with Crippen LogP contribution in [0.5, 0.6) is 0 Å². The molecular weight excluding hydrogens is 207 g/mol. The van der Waals surface area contributed by atoms with Crippen molar-refractivity contribution in [3.63, 3.8) is 0 Å². The molecule has 2 aromatic rings. The predicted octanol–water partition coefficient (Wildman–Crippen LogP) is 2.37. The second-order valence-electron chi connectivity index (χ2n) is 3.73. The molecule has 0 saturated heterocycles. The Kier molecular flexibility index (Phi) is 2.75. The Hall–Kier alpha value is -1.68. The van der Waals surface area contributed by atoms with Crippen LogP contribution >= 0.6 is 0 Å². The smallest absolute Gasteiger partial charge is 0.147 e. The van der Waals surface area contributed by atoms with Gasteiger partial charge < -0.3 is 9.67 Å². The van der Waals surface area contributed by atoms with Crippen LogP contribution in [-0.2, 0) is 0 Å². The van der Waals surface area contributed by atoms with Crippen LogP contribution in [-0.4, -0.2) is 14.7 Å². The summed E-state index contributed by atoms with van der Waals surface area (Å²) in [6, 6.07) is 4.70. The maximum Gasteiger partial charge on any atom is 0.147 e. The lowest BCUT2D eigenvalue weighted by Gasteiger charge is -2.09. The molecule has 0 aliphatic heterocycles. The molecule has 0 radical (unpaired) electrons. The van der Waals surface area contributed by atoms with Crippen LogP contribution in [0.3, 0.4) is 0 Å². The van der Waals surface area contributed by atoms with Crippen molar-refractivity contribution in [3.8, 4) is 5.69 Å². The van der Waals surface area contributed by atoms with Gasteiger partial charge in [-0.15, -0.1) is 0 Å². The standard InChI is InChI=1S/C12H13FN2O/c1-8(16)10-3-4-12(11(13)7-10)15-6-5-14-9(15)2/h3-8,16H,1-2H3. The number of aryl methyl sites for hydroxylation is 1. The van der Waals surface area contributed by atoms with Gasteiger partial charge in [0.15, 0.2) is 0 Å². The highest BCUT2D eigenvalue weighted by molar-refractivity contribution is 5.38. The topological polar surface area (TPSA) is 38.0 Å². The summed E-state index contributed by atoms with van der Waals surface area (Å²) in [6.07, 6.45) is 2.67. The monoisotopic (exact) mass is 220 g/mol. The Bertz CT molecular complexity index is 505. The highest BCUT2D eigenvalue weighted by Crippen LogP contribution is 2.20. The molecule has 84 valence electrons. The zero-order valence-electron chi connectivity index (χ0n) is 9.18. The molecule has 0 fully saturated rings. The maximum atomic E-state index is 13.8. The molecule has 1 aromatic carbocycles. The fourth-order valence-electron chi connectivity index (χ4n) is 1.61. The van der Waals surface area contributed by atoms with Crippen LogP contribution in [0.25, 0.3) is 5.69 Å². The van der Waals surface area contributed by atoms with E-state index < -0.39 is 6.10 Å². The van der Waals surface area contributed by atoms with E-state index in [9.17, 15) is 9.50 Å². The number of benzene rings is 1. The first-order valence-corrected chi connectivity index (χ1v) is 5.07. The van der Waals surface area contributed by atoms with Gasteiger partial charge in [-0.25, -0.2) is 9.37 Å². The molecule has 0 aliphatic rings. The largest absolute Gasteiger partial charge is 0.389 e. The molecule has 4 heteroatoms. The highest BCUT2D eigenvalue weighted by atomic mass is 19.1. The molecule has 0 amide bonds.